The van der Waals surface area contributed by atoms with E-state index in [2.05, 4.69) is 40.4 Å². The highest BCUT2D eigenvalue weighted by Gasteiger charge is 2.26. The monoisotopic (exact) mass is 203 g/mol. The van der Waals surface area contributed by atoms with Crippen molar-refractivity contribution in [1.82, 2.24) is 0 Å². The van der Waals surface area contributed by atoms with Crippen LogP contribution in [0.3, 0.4) is 0 Å². The molecule has 0 saturated heterocycles. The first-order valence-electron chi connectivity index (χ1n) is 4.11. The minimum absolute atomic E-state index is 0.143. The zero-order valence-corrected chi connectivity index (χ0v) is 10.7. The highest BCUT2D eigenvalue weighted by molar-refractivity contribution is 8.04. The van der Waals surface area contributed by atoms with Crippen LogP contribution in [0.4, 0.5) is 0 Å². The fraction of sp³-hybridized carbons (Fsp3) is 0.778. The molecular weight excluding hydrogens is 184 g/mol. The molecule has 70 valence electrons. The molecular formula is C9H19OSSi+. The lowest BCUT2D eigenvalue weighted by molar-refractivity contribution is 0.462. The van der Waals surface area contributed by atoms with Crippen LogP contribution in [0.25, 0.3) is 0 Å². The van der Waals surface area contributed by atoms with Crippen LogP contribution in [0.2, 0.25) is 19.6 Å². The van der Waals surface area contributed by atoms with Crippen molar-refractivity contribution in [2.24, 2.45) is 0 Å². The Labute approximate surface area is 81.7 Å². The Morgan fingerprint density at radius 2 is 1.67 bits per heavy atom. The summed E-state index contributed by atoms with van der Waals surface area (Å²) in [6, 6.07) is 0. The van der Waals surface area contributed by atoms with Gasteiger partial charge in [-0.1, -0.05) is 20.8 Å². The molecule has 0 rings (SSSR count). The minimum atomic E-state index is -1.50. The van der Waals surface area contributed by atoms with Gasteiger partial charge in [-0.05, 0) is 31.4 Å². The molecule has 0 unspecified atom stereocenters. The summed E-state index contributed by atoms with van der Waals surface area (Å²) >= 11 is 1.59. The van der Waals surface area contributed by atoms with Crippen molar-refractivity contribution < 1.29 is 4.43 Å². The van der Waals surface area contributed by atoms with Gasteiger partial charge in [-0.25, -0.2) is 0 Å². The van der Waals surface area contributed by atoms with Crippen molar-refractivity contribution in [2.75, 3.05) is 0 Å². The van der Waals surface area contributed by atoms with Gasteiger partial charge in [0.2, 0.25) is 8.32 Å². The molecule has 0 radical (unpaired) electrons. The highest BCUT2D eigenvalue weighted by Crippen LogP contribution is 2.31. The molecule has 12 heavy (non-hydrogen) atoms. The maximum Gasteiger partial charge on any atom is 0.386 e. The van der Waals surface area contributed by atoms with E-state index in [9.17, 15) is 0 Å². The van der Waals surface area contributed by atoms with E-state index >= 15 is 0 Å². The third kappa shape index (κ3) is 8.12. The molecule has 0 N–H and O–H groups in total. The Kier molecular flexibility index (Phi) is 3.82. The molecule has 0 aromatic carbocycles. The maximum atomic E-state index is 5.74. The predicted molar refractivity (Wildman–Crippen MR) is 59.6 cm³/mol. The van der Waals surface area contributed by atoms with Gasteiger partial charge in [-0.3, -0.25) is 0 Å². The summed E-state index contributed by atoms with van der Waals surface area (Å²) in [7, 11) is -1.50. The summed E-state index contributed by atoms with van der Waals surface area (Å²) in [6.45, 7) is 18.5. The average molecular weight is 203 g/mol. The number of hydrogen-bond acceptors (Lipinski definition) is 2. The van der Waals surface area contributed by atoms with E-state index in [1.165, 1.54) is 0 Å². The molecule has 0 fully saturated rings. The van der Waals surface area contributed by atoms with E-state index < -0.39 is 8.32 Å². The lowest BCUT2D eigenvalue weighted by atomic mass is 10.3. The van der Waals surface area contributed by atoms with Gasteiger partial charge in [0.1, 0.15) is 0 Å². The molecule has 0 heterocycles. The van der Waals surface area contributed by atoms with Gasteiger partial charge in [0.15, 0.2) is 0 Å². The Balaban J connectivity index is 3.92. The summed E-state index contributed by atoms with van der Waals surface area (Å²) in [5.41, 5.74) is 0. The Morgan fingerprint density at radius 3 is 1.92 bits per heavy atom. The first kappa shape index (κ1) is 12.0. The smallest absolute Gasteiger partial charge is 0.386 e. The van der Waals surface area contributed by atoms with Crippen molar-refractivity contribution in [3.05, 3.63) is 11.7 Å². The number of hydrogen-bond donors (Lipinski definition) is 0. The van der Waals surface area contributed by atoms with Gasteiger partial charge < -0.3 is 4.43 Å². The van der Waals surface area contributed by atoms with Gasteiger partial charge in [0.05, 0.1) is 0 Å². The maximum absolute atomic E-state index is 5.74. The zero-order chi connectivity index (χ0) is 9.99. The van der Waals surface area contributed by atoms with Gasteiger partial charge >= 0.3 is 5.09 Å². The fourth-order valence-electron chi connectivity index (χ4n) is 0.624. The van der Waals surface area contributed by atoms with Crippen molar-refractivity contribution in [1.29, 1.82) is 0 Å². The van der Waals surface area contributed by atoms with Crippen LogP contribution >= 0.6 is 11.8 Å². The van der Waals surface area contributed by atoms with Gasteiger partial charge in [-0.2, -0.15) is 0 Å². The normalized spacial score (nSPS) is 12.8. The molecule has 0 amide bonds. The fourth-order valence-corrected chi connectivity index (χ4v) is 2.75. The Morgan fingerprint density at radius 1 is 1.25 bits per heavy atom. The average Bonchev–Trinajstić information content (AvgIpc) is 1.49. The molecule has 0 aliphatic heterocycles. The number of rotatable bonds is 3. The summed E-state index contributed by atoms with van der Waals surface area (Å²) in [5, 5.41) is 0.613. The largest absolute Gasteiger partial charge is 0.503 e. The lowest BCUT2D eigenvalue weighted by Gasteiger charge is -2.20. The Bertz CT molecular complexity index is 146. The van der Waals surface area contributed by atoms with E-state index in [0.29, 0.717) is 5.09 Å². The molecule has 1 nitrogen and oxygen atoms in total. The SMILES string of the molecule is [CH+]=C(O[Si](C)(C)C)SC(C)(C)C. The van der Waals surface area contributed by atoms with E-state index in [0.717, 1.165) is 0 Å². The second-order valence-electron chi connectivity index (χ2n) is 4.75. The van der Waals surface area contributed by atoms with Crippen LogP contribution in [-0.2, 0) is 4.43 Å². The second kappa shape index (κ2) is 3.82. The summed E-state index contributed by atoms with van der Waals surface area (Å²) in [5.74, 6) is 0. The standard InChI is InChI=1S/C9H19OSSi/c1-8(10-12(5,6)7)11-9(2,3)4/h1H,2-7H3/q+1. The van der Waals surface area contributed by atoms with Crippen LogP contribution in [-0.4, -0.2) is 13.1 Å². The summed E-state index contributed by atoms with van der Waals surface area (Å²) in [4.78, 5) is 0. The van der Waals surface area contributed by atoms with Crippen LogP contribution in [0.1, 0.15) is 20.8 Å². The second-order valence-corrected chi connectivity index (χ2v) is 11.0. The minimum Gasteiger partial charge on any atom is -0.503 e. The molecule has 0 aliphatic rings. The van der Waals surface area contributed by atoms with Crippen molar-refractivity contribution in [3.63, 3.8) is 0 Å². The van der Waals surface area contributed by atoms with E-state index in [-0.39, 0.29) is 4.75 Å². The Hall–Kier alpha value is 0.0169. The van der Waals surface area contributed by atoms with Crippen molar-refractivity contribution >= 4 is 20.1 Å². The van der Waals surface area contributed by atoms with Gasteiger partial charge in [-0.15, -0.1) is 0 Å². The lowest BCUT2D eigenvalue weighted by Crippen LogP contribution is -2.25. The molecule has 0 spiro atoms. The van der Waals surface area contributed by atoms with Crippen LogP contribution in [0.15, 0.2) is 5.09 Å². The van der Waals surface area contributed by atoms with E-state index in [1.54, 1.807) is 11.8 Å². The molecule has 0 saturated carbocycles. The van der Waals surface area contributed by atoms with Crippen molar-refractivity contribution in [2.45, 2.75) is 45.2 Å². The quantitative estimate of drug-likeness (QED) is 0.393. The predicted octanol–water partition coefficient (Wildman–Crippen LogP) is 3.64. The molecule has 0 aromatic heterocycles. The van der Waals surface area contributed by atoms with E-state index in [1.807, 2.05) is 0 Å². The molecule has 3 heteroatoms. The summed E-state index contributed by atoms with van der Waals surface area (Å²) < 4.78 is 5.75. The zero-order valence-electron chi connectivity index (χ0n) is 8.89. The third-order valence-electron chi connectivity index (χ3n) is 0.814. The van der Waals surface area contributed by atoms with E-state index in [4.69, 9.17) is 11.0 Å². The van der Waals surface area contributed by atoms with Crippen molar-refractivity contribution in [3.8, 4) is 0 Å². The molecule has 0 atom stereocenters. The van der Waals surface area contributed by atoms with Crippen LogP contribution in [0.5, 0.6) is 0 Å². The number of thioether (sulfide) groups is 1. The van der Waals surface area contributed by atoms with Gasteiger partial charge in [0.25, 0.3) is 6.58 Å². The summed E-state index contributed by atoms with van der Waals surface area (Å²) in [6.07, 6.45) is 0. The van der Waals surface area contributed by atoms with Crippen LogP contribution in [0, 0.1) is 6.58 Å². The first-order valence-corrected chi connectivity index (χ1v) is 8.33. The molecule has 0 bridgehead atoms. The topological polar surface area (TPSA) is 9.23 Å². The van der Waals surface area contributed by atoms with Gasteiger partial charge in [0, 0.05) is 4.75 Å². The highest BCUT2D eigenvalue weighted by atomic mass is 32.2. The third-order valence-corrected chi connectivity index (χ3v) is 2.69. The first-order chi connectivity index (χ1) is 5.10. The van der Waals surface area contributed by atoms with Crippen LogP contribution < -0.4 is 0 Å². The molecule has 0 aromatic rings. The molecule has 0 aliphatic carbocycles.